The van der Waals surface area contributed by atoms with Crippen molar-refractivity contribution in [1.29, 1.82) is 0 Å². The summed E-state index contributed by atoms with van der Waals surface area (Å²) in [4.78, 5) is 1.39. The van der Waals surface area contributed by atoms with Crippen LogP contribution in [0.25, 0.3) is 0 Å². The zero-order valence-electron chi connectivity index (χ0n) is 13.9. The van der Waals surface area contributed by atoms with E-state index in [1.54, 1.807) is 7.05 Å². The van der Waals surface area contributed by atoms with Gasteiger partial charge in [0.1, 0.15) is 4.90 Å². The summed E-state index contributed by atoms with van der Waals surface area (Å²) in [5.74, 6) is 0.494. The lowest BCUT2D eigenvalue weighted by atomic mass is 10.1. The van der Waals surface area contributed by atoms with E-state index in [9.17, 15) is 8.42 Å². The largest absolute Gasteiger partial charge is 0.310 e. The van der Waals surface area contributed by atoms with Gasteiger partial charge in [0, 0.05) is 31.1 Å². The number of aryl methyl sites for hydroxylation is 1. The summed E-state index contributed by atoms with van der Waals surface area (Å²) >= 11 is 1.52. The van der Waals surface area contributed by atoms with Crippen LogP contribution < -0.4 is 5.32 Å². The molecule has 21 heavy (non-hydrogen) atoms. The Hall–Kier alpha value is -0.430. The zero-order valence-corrected chi connectivity index (χ0v) is 15.6. The molecule has 0 amide bonds. The molecule has 122 valence electrons. The number of nitrogens with one attached hydrogen (secondary N) is 1. The van der Waals surface area contributed by atoms with Crippen LogP contribution >= 0.6 is 11.3 Å². The first-order valence-corrected chi connectivity index (χ1v) is 9.75. The van der Waals surface area contributed by atoms with Gasteiger partial charge in [-0.3, -0.25) is 0 Å². The highest BCUT2D eigenvalue weighted by Crippen LogP contribution is 2.29. The molecule has 1 rings (SSSR count). The third-order valence-corrected chi connectivity index (χ3v) is 6.67. The number of hydrogen-bond donors (Lipinski definition) is 1. The van der Waals surface area contributed by atoms with E-state index in [2.05, 4.69) is 33.0 Å². The maximum absolute atomic E-state index is 12.8. The molecule has 0 radical (unpaired) electrons. The van der Waals surface area contributed by atoms with Crippen molar-refractivity contribution < 1.29 is 8.42 Å². The smallest absolute Gasteiger partial charge is 0.244 e. The molecule has 0 aliphatic heterocycles. The Morgan fingerprint density at radius 3 is 2.43 bits per heavy atom. The van der Waals surface area contributed by atoms with Crippen LogP contribution in [0.4, 0.5) is 0 Å². The Kier molecular flexibility index (Phi) is 6.84. The van der Waals surface area contributed by atoms with Gasteiger partial charge in [-0.15, -0.1) is 11.3 Å². The monoisotopic (exact) mass is 332 g/mol. The van der Waals surface area contributed by atoms with E-state index in [4.69, 9.17) is 0 Å². The van der Waals surface area contributed by atoms with E-state index in [1.807, 2.05) is 12.3 Å². The average molecular weight is 333 g/mol. The molecule has 0 bridgehead atoms. The lowest BCUT2D eigenvalue weighted by molar-refractivity contribution is 0.427. The normalized spacial score (nSPS) is 12.8. The Bertz CT molecular complexity index is 548. The van der Waals surface area contributed by atoms with E-state index in [1.165, 1.54) is 15.6 Å². The second kappa shape index (κ2) is 7.72. The third-order valence-electron chi connectivity index (χ3n) is 3.35. The summed E-state index contributed by atoms with van der Waals surface area (Å²) in [6, 6.07) is 0.335. The topological polar surface area (TPSA) is 49.4 Å². The second-order valence-electron chi connectivity index (χ2n) is 6.22. The van der Waals surface area contributed by atoms with Crippen molar-refractivity contribution in [3.05, 3.63) is 15.8 Å². The van der Waals surface area contributed by atoms with Crippen molar-refractivity contribution in [3.63, 3.8) is 0 Å². The maximum atomic E-state index is 12.8. The first-order valence-electron chi connectivity index (χ1n) is 7.43. The van der Waals surface area contributed by atoms with Gasteiger partial charge in [-0.1, -0.05) is 27.7 Å². The molecule has 4 nitrogen and oxygen atoms in total. The highest BCUT2D eigenvalue weighted by molar-refractivity contribution is 7.89. The summed E-state index contributed by atoms with van der Waals surface area (Å²) in [6.07, 6.45) is 0.874. The predicted octanol–water partition coefficient (Wildman–Crippen LogP) is 3.22. The van der Waals surface area contributed by atoms with Crippen molar-refractivity contribution in [3.8, 4) is 0 Å². The highest BCUT2D eigenvalue weighted by Gasteiger charge is 2.27. The first-order chi connectivity index (χ1) is 9.66. The van der Waals surface area contributed by atoms with E-state index in [0.717, 1.165) is 16.9 Å². The van der Waals surface area contributed by atoms with E-state index in [-0.39, 0.29) is 0 Å². The van der Waals surface area contributed by atoms with Crippen LogP contribution in [0.15, 0.2) is 10.3 Å². The third kappa shape index (κ3) is 5.06. The van der Waals surface area contributed by atoms with Crippen LogP contribution in [-0.2, 0) is 16.6 Å². The molecular formula is C15H28N2O2S2. The average Bonchev–Trinajstić information content (AvgIpc) is 2.75. The summed E-state index contributed by atoms with van der Waals surface area (Å²) in [5.41, 5.74) is 0.844. The lowest BCUT2D eigenvalue weighted by Gasteiger charge is -2.19. The molecular weight excluding hydrogens is 304 g/mol. The van der Waals surface area contributed by atoms with Gasteiger partial charge < -0.3 is 5.32 Å². The molecule has 0 spiro atoms. The van der Waals surface area contributed by atoms with Gasteiger partial charge in [0.15, 0.2) is 0 Å². The Balaban J connectivity index is 2.99. The van der Waals surface area contributed by atoms with E-state index < -0.39 is 10.0 Å². The SMILES string of the molecule is Cc1csc(CNC(C)C)c1S(=O)(=O)N(C)CCC(C)C. The molecule has 0 aromatic carbocycles. The summed E-state index contributed by atoms with van der Waals surface area (Å²) < 4.78 is 27.1. The van der Waals surface area contributed by atoms with Crippen LogP contribution in [0.2, 0.25) is 0 Å². The summed E-state index contributed by atoms with van der Waals surface area (Å²) in [7, 11) is -1.72. The molecule has 1 N–H and O–H groups in total. The second-order valence-corrected chi connectivity index (χ2v) is 9.16. The van der Waals surface area contributed by atoms with Crippen LogP contribution in [0.1, 0.15) is 44.6 Å². The van der Waals surface area contributed by atoms with Crippen molar-refractivity contribution >= 4 is 21.4 Å². The van der Waals surface area contributed by atoms with Gasteiger partial charge in [0.25, 0.3) is 0 Å². The Morgan fingerprint density at radius 2 is 1.90 bits per heavy atom. The van der Waals surface area contributed by atoms with Crippen molar-refractivity contribution in [2.24, 2.45) is 5.92 Å². The van der Waals surface area contributed by atoms with Crippen LogP contribution in [0, 0.1) is 12.8 Å². The fourth-order valence-corrected chi connectivity index (χ4v) is 4.86. The van der Waals surface area contributed by atoms with Gasteiger partial charge in [-0.25, -0.2) is 12.7 Å². The minimum atomic E-state index is -3.40. The summed E-state index contributed by atoms with van der Waals surface area (Å²) in [5, 5.41) is 5.24. The van der Waals surface area contributed by atoms with Crippen molar-refractivity contribution in [1.82, 2.24) is 9.62 Å². The highest BCUT2D eigenvalue weighted by atomic mass is 32.2. The van der Waals surface area contributed by atoms with Crippen molar-refractivity contribution in [2.75, 3.05) is 13.6 Å². The molecule has 0 aliphatic carbocycles. The quantitative estimate of drug-likeness (QED) is 0.795. The molecule has 0 fully saturated rings. The summed E-state index contributed by atoms with van der Waals surface area (Å²) in [6.45, 7) is 11.4. The predicted molar refractivity (Wildman–Crippen MR) is 90.3 cm³/mol. The number of rotatable bonds is 8. The van der Waals surface area contributed by atoms with E-state index in [0.29, 0.717) is 29.9 Å². The lowest BCUT2D eigenvalue weighted by Crippen LogP contribution is -2.30. The van der Waals surface area contributed by atoms with Gasteiger partial charge in [0.05, 0.1) is 0 Å². The molecule has 1 aromatic rings. The molecule has 1 heterocycles. The number of nitrogens with zero attached hydrogens (tertiary/aromatic N) is 1. The first kappa shape index (κ1) is 18.6. The van der Waals surface area contributed by atoms with Crippen LogP contribution in [0.5, 0.6) is 0 Å². The molecule has 0 saturated carbocycles. The standard InChI is InChI=1S/C15H28N2O2S2/c1-11(2)7-8-17(6)21(18,19)15-13(5)10-20-14(15)9-16-12(3)4/h10-12,16H,7-9H2,1-6H3. The number of thiophene rings is 1. The minimum absolute atomic E-state index is 0.335. The molecule has 0 aliphatic rings. The van der Waals surface area contributed by atoms with Gasteiger partial charge in [-0.2, -0.15) is 0 Å². The molecule has 0 unspecified atom stereocenters. The van der Waals surface area contributed by atoms with Gasteiger partial charge >= 0.3 is 0 Å². The molecule has 1 aromatic heterocycles. The van der Waals surface area contributed by atoms with E-state index >= 15 is 0 Å². The fourth-order valence-electron chi connectivity index (χ4n) is 1.97. The minimum Gasteiger partial charge on any atom is -0.310 e. The number of sulfonamides is 1. The molecule has 0 saturated heterocycles. The Labute approximate surface area is 133 Å². The molecule has 0 atom stereocenters. The van der Waals surface area contributed by atoms with Gasteiger partial charge in [-0.05, 0) is 30.2 Å². The van der Waals surface area contributed by atoms with Crippen LogP contribution in [0.3, 0.4) is 0 Å². The van der Waals surface area contributed by atoms with Crippen LogP contribution in [-0.4, -0.2) is 32.4 Å². The number of hydrogen-bond acceptors (Lipinski definition) is 4. The zero-order chi connectivity index (χ0) is 16.2. The maximum Gasteiger partial charge on any atom is 0.244 e. The molecule has 6 heteroatoms. The fraction of sp³-hybridized carbons (Fsp3) is 0.733. The Morgan fingerprint density at radius 1 is 1.29 bits per heavy atom. The van der Waals surface area contributed by atoms with Gasteiger partial charge in [0.2, 0.25) is 10.0 Å². The van der Waals surface area contributed by atoms with Crippen molar-refractivity contribution in [2.45, 2.75) is 58.5 Å².